The third kappa shape index (κ3) is 4.46. The van der Waals surface area contributed by atoms with Crippen LogP contribution < -0.4 is 9.04 Å². The minimum absolute atomic E-state index is 0.0277. The molecule has 0 aromatic heterocycles. The minimum atomic E-state index is -3.87. The summed E-state index contributed by atoms with van der Waals surface area (Å²) in [5.41, 5.74) is 1.37. The maximum atomic E-state index is 13.3. The van der Waals surface area contributed by atoms with Gasteiger partial charge in [-0.25, -0.2) is 13.2 Å². The van der Waals surface area contributed by atoms with Crippen LogP contribution in [-0.2, 0) is 14.8 Å². The van der Waals surface area contributed by atoms with E-state index < -0.39 is 16.0 Å². The van der Waals surface area contributed by atoms with Crippen molar-refractivity contribution in [1.29, 1.82) is 0 Å². The fraction of sp³-hybridized carbons (Fsp3) is 0.174. The van der Waals surface area contributed by atoms with Crippen LogP contribution in [0.2, 0.25) is 0 Å². The Hall–Kier alpha value is -3.32. The number of aryl methyl sites for hydroxylation is 1. The van der Waals surface area contributed by atoms with Crippen molar-refractivity contribution in [2.75, 3.05) is 18.0 Å². The van der Waals surface area contributed by atoms with Gasteiger partial charge in [0.25, 0.3) is 10.0 Å². The van der Waals surface area contributed by atoms with Crippen LogP contribution in [0.3, 0.4) is 0 Å². The molecular weight excluding hydrogens is 402 g/mol. The van der Waals surface area contributed by atoms with Crippen LogP contribution in [0.1, 0.15) is 22.8 Å². The van der Waals surface area contributed by atoms with E-state index in [1.165, 1.54) is 23.5 Å². The van der Waals surface area contributed by atoms with E-state index in [0.717, 1.165) is 0 Å². The Morgan fingerprint density at radius 3 is 2.17 bits per heavy atom. The lowest BCUT2D eigenvalue weighted by Gasteiger charge is -2.23. The van der Waals surface area contributed by atoms with Crippen molar-refractivity contribution in [3.8, 4) is 11.5 Å². The third-order valence-electron chi connectivity index (χ3n) is 4.59. The SMILES string of the molecule is CCN(c1ccc(Oc2ccccc2)cc1)S(=O)(=O)c1ccc(C)c(C(=O)OC)c1. The first-order valence-electron chi connectivity index (χ1n) is 9.41. The van der Waals surface area contributed by atoms with Crippen molar-refractivity contribution in [2.45, 2.75) is 18.7 Å². The average Bonchev–Trinajstić information content (AvgIpc) is 2.75. The first kappa shape index (κ1) is 21.4. The molecule has 0 atom stereocenters. The summed E-state index contributed by atoms with van der Waals surface area (Å²) in [7, 11) is -2.61. The number of carbonyl (C=O) groups excluding carboxylic acids is 1. The van der Waals surface area contributed by atoms with E-state index in [1.54, 1.807) is 44.2 Å². The highest BCUT2D eigenvalue weighted by atomic mass is 32.2. The molecule has 7 heteroatoms. The van der Waals surface area contributed by atoms with Crippen molar-refractivity contribution >= 4 is 21.7 Å². The topological polar surface area (TPSA) is 72.9 Å². The van der Waals surface area contributed by atoms with E-state index in [2.05, 4.69) is 0 Å². The molecule has 0 saturated carbocycles. The average molecular weight is 426 g/mol. The summed E-state index contributed by atoms with van der Waals surface area (Å²) in [4.78, 5) is 12.0. The van der Waals surface area contributed by atoms with Crippen molar-refractivity contribution in [1.82, 2.24) is 0 Å². The van der Waals surface area contributed by atoms with Crippen molar-refractivity contribution < 1.29 is 22.7 Å². The maximum Gasteiger partial charge on any atom is 0.338 e. The maximum absolute atomic E-state index is 13.3. The van der Waals surface area contributed by atoms with Gasteiger partial charge in [-0.1, -0.05) is 24.3 Å². The van der Waals surface area contributed by atoms with Gasteiger partial charge in [-0.3, -0.25) is 4.31 Å². The van der Waals surface area contributed by atoms with Gasteiger partial charge in [-0.15, -0.1) is 0 Å². The summed E-state index contributed by atoms with van der Waals surface area (Å²) in [5, 5.41) is 0. The summed E-state index contributed by atoms with van der Waals surface area (Å²) < 4.78 is 38.3. The van der Waals surface area contributed by atoms with Gasteiger partial charge >= 0.3 is 5.97 Å². The molecule has 0 unspecified atom stereocenters. The number of rotatable bonds is 7. The number of hydrogen-bond acceptors (Lipinski definition) is 5. The number of hydrogen-bond donors (Lipinski definition) is 0. The highest BCUT2D eigenvalue weighted by molar-refractivity contribution is 7.92. The van der Waals surface area contributed by atoms with Gasteiger partial charge < -0.3 is 9.47 Å². The normalized spacial score (nSPS) is 11.0. The zero-order valence-electron chi connectivity index (χ0n) is 17.0. The van der Waals surface area contributed by atoms with Crippen LogP contribution in [-0.4, -0.2) is 28.0 Å². The van der Waals surface area contributed by atoms with E-state index in [4.69, 9.17) is 9.47 Å². The van der Waals surface area contributed by atoms with Crippen LogP contribution in [0.4, 0.5) is 5.69 Å². The third-order valence-corrected chi connectivity index (χ3v) is 6.49. The zero-order chi connectivity index (χ0) is 21.7. The van der Waals surface area contributed by atoms with E-state index in [1.807, 2.05) is 30.3 Å². The first-order chi connectivity index (χ1) is 14.4. The van der Waals surface area contributed by atoms with Crippen molar-refractivity contribution in [2.24, 2.45) is 0 Å². The van der Waals surface area contributed by atoms with Crippen molar-refractivity contribution in [3.63, 3.8) is 0 Å². The van der Waals surface area contributed by atoms with E-state index >= 15 is 0 Å². The number of sulfonamides is 1. The van der Waals surface area contributed by atoms with Crippen LogP contribution >= 0.6 is 0 Å². The molecule has 0 fully saturated rings. The predicted molar refractivity (Wildman–Crippen MR) is 116 cm³/mol. The number of benzene rings is 3. The van der Waals surface area contributed by atoms with Gasteiger partial charge in [0.1, 0.15) is 11.5 Å². The Kier molecular flexibility index (Phi) is 6.42. The largest absolute Gasteiger partial charge is 0.465 e. The monoisotopic (exact) mass is 425 g/mol. The second-order valence-electron chi connectivity index (χ2n) is 6.55. The Balaban J connectivity index is 1.90. The molecule has 156 valence electrons. The molecule has 0 amide bonds. The lowest BCUT2D eigenvalue weighted by molar-refractivity contribution is 0.0599. The van der Waals surface area contributed by atoms with E-state index in [0.29, 0.717) is 22.7 Å². The summed E-state index contributed by atoms with van der Waals surface area (Å²) in [5.74, 6) is 0.719. The Morgan fingerprint density at radius 1 is 0.933 bits per heavy atom. The summed E-state index contributed by atoms with van der Waals surface area (Å²) in [6.45, 7) is 3.70. The number of carbonyl (C=O) groups is 1. The van der Waals surface area contributed by atoms with Crippen molar-refractivity contribution in [3.05, 3.63) is 83.9 Å². The summed E-state index contributed by atoms with van der Waals surface area (Å²) in [6, 6.07) is 20.6. The molecule has 0 spiro atoms. The van der Waals surface area contributed by atoms with Gasteiger partial charge in [-0.05, 0) is 67.9 Å². The quantitative estimate of drug-likeness (QED) is 0.509. The van der Waals surface area contributed by atoms with E-state index in [-0.39, 0.29) is 17.0 Å². The Labute approximate surface area is 176 Å². The second kappa shape index (κ2) is 9.00. The molecule has 0 radical (unpaired) electrons. The highest BCUT2D eigenvalue weighted by Crippen LogP contribution is 2.28. The Morgan fingerprint density at radius 2 is 1.57 bits per heavy atom. The molecule has 30 heavy (non-hydrogen) atoms. The lowest BCUT2D eigenvalue weighted by Crippen LogP contribution is -2.31. The first-order valence-corrected chi connectivity index (χ1v) is 10.9. The molecule has 0 bridgehead atoms. The number of para-hydroxylation sites is 1. The fourth-order valence-electron chi connectivity index (χ4n) is 3.02. The standard InChI is InChI=1S/C23H23NO5S/c1-4-24(18-11-13-20(14-12-18)29-19-8-6-5-7-9-19)30(26,27)21-15-10-17(2)22(16-21)23(25)28-3/h5-16H,4H2,1-3H3. The lowest BCUT2D eigenvalue weighted by atomic mass is 10.1. The van der Waals surface area contributed by atoms with Gasteiger partial charge in [0, 0.05) is 6.54 Å². The number of methoxy groups -OCH3 is 1. The smallest absolute Gasteiger partial charge is 0.338 e. The Bertz CT molecular complexity index is 1130. The fourth-order valence-corrected chi connectivity index (χ4v) is 4.52. The second-order valence-corrected chi connectivity index (χ2v) is 8.41. The molecule has 0 aliphatic rings. The molecule has 3 aromatic carbocycles. The van der Waals surface area contributed by atoms with E-state index in [9.17, 15) is 13.2 Å². The molecule has 3 aromatic rings. The molecule has 0 aliphatic heterocycles. The molecule has 6 nitrogen and oxygen atoms in total. The van der Waals surface area contributed by atoms with Gasteiger partial charge in [0.2, 0.25) is 0 Å². The van der Waals surface area contributed by atoms with Crippen LogP contribution in [0.15, 0.2) is 77.7 Å². The molecule has 3 rings (SSSR count). The molecule has 0 N–H and O–H groups in total. The van der Waals surface area contributed by atoms with Crippen LogP contribution in [0, 0.1) is 6.92 Å². The highest BCUT2D eigenvalue weighted by Gasteiger charge is 2.25. The molecule has 0 saturated heterocycles. The van der Waals surface area contributed by atoms with Gasteiger partial charge in [0.15, 0.2) is 0 Å². The molecular formula is C23H23NO5S. The van der Waals surface area contributed by atoms with Gasteiger partial charge in [0.05, 0.1) is 23.3 Å². The predicted octanol–water partition coefficient (Wildman–Crippen LogP) is 4.79. The molecule has 0 aliphatic carbocycles. The summed E-state index contributed by atoms with van der Waals surface area (Å²) >= 11 is 0. The minimum Gasteiger partial charge on any atom is -0.465 e. The van der Waals surface area contributed by atoms with Crippen LogP contribution in [0.25, 0.3) is 0 Å². The molecule has 0 heterocycles. The number of anilines is 1. The number of esters is 1. The zero-order valence-corrected chi connectivity index (χ0v) is 17.8. The van der Waals surface area contributed by atoms with Crippen LogP contribution in [0.5, 0.6) is 11.5 Å². The number of nitrogens with zero attached hydrogens (tertiary/aromatic N) is 1. The number of ether oxygens (including phenoxy) is 2. The summed E-state index contributed by atoms with van der Waals surface area (Å²) in [6.07, 6.45) is 0. The van der Waals surface area contributed by atoms with Gasteiger partial charge in [-0.2, -0.15) is 0 Å².